The molecule has 15 heavy (non-hydrogen) atoms. The van der Waals surface area contributed by atoms with Crippen LogP contribution in [0.2, 0.25) is 0 Å². The summed E-state index contributed by atoms with van der Waals surface area (Å²) in [5, 5.41) is 14.0. The van der Waals surface area contributed by atoms with Gasteiger partial charge in [-0.05, 0) is 30.0 Å². The van der Waals surface area contributed by atoms with Crippen LogP contribution in [-0.2, 0) is 0 Å². The Hall–Kier alpha value is -0.970. The largest absolute Gasteiger partial charge is 0.395 e. The summed E-state index contributed by atoms with van der Waals surface area (Å²) in [4.78, 5) is 4.38. The fourth-order valence-electron chi connectivity index (χ4n) is 1.50. The van der Waals surface area contributed by atoms with E-state index >= 15 is 0 Å². The Labute approximate surface area is 92.8 Å². The van der Waals surface area contributed by atoms with Crippen LogP contribution in [0.25, 0.3) is 10.2 Å². The quantitative estimate of drug-likeness (QED) is 0.831. The number of nitrogens with one attached hydrogen (secondary N) is 1. The highest BCUT2D eigenvalue weighted by Gasteiger charge is 2.06. The third-order valence-electron chi connectivity index (χ3n) is 2.39. The van der Waals surface area contributed by atoms with E-state index in [1.807, 2.05) is 17.6 Å². The van der Waals surface area contributed by atoms with Crippen LogP contribution in [0.5, 0.6) is 0 Å². The highest BCUT2D eigenvalue weighted by atomic mass is 32.1. The Bertz CT molecular complexity index is 441. The monoisotopic (exact) mass is 222 g/mol. The first-order valence-corrected chi connectivity index (χ1v) is 5.86. The maximum Gasteiger partial charge on any atom is 0.0809 e. The van der Waals surface area contributed by atoms with E-state index < -0.39 is 0 Å². The minimum Gasteiger partial charge on any atom is -0.395 e. The van der Waals surface area contributed by atoms with Crippen molar-refractivity contribution >= 4 is 21.6 Å². The Morgan fingerprint density at radius 3 is 3.27 bits per heavy atom. The molecule has 2 rings (SSSR count). The Morgan fingerprint density at radius 2 is 2.47 bits per heavy atom. The molecular formula is C11H14N2OS. The van der Waals surface area contributed by atoms with Crippen molar-refractivity contribution in [3.8, 4) is 0 Å². The number of hydrogen-bond acceptors (Lipinski definition) is 4. The second-order valence-electron chi connectivity index (χ2n) is 3.47. The fourth-order valence-corrected chi connectivity index (χ4v) is 2.29. The van der Waals surface area contributed by atoms with Gasteiger partial charge in [-0.3, -0.25) is 4.98 Å². The van der Waals surface area contributed by atoms with E-state index in [0.717, 1.165) is 5.52 Å². The number of fused-ring (bicyclic) bond motifs is 1. The molecule has 0 aliphatic carbocycles. The van der Waals surface area contributed by atoms with Crippen molar-refractivity contribution in [1.29, 1.82) is 0 Å². The number of rotatable bonds is 4. The lowest BCUT2D eigenvalue weighted by Crippen LogP contribution is -2.22. The number of aliphatic hydroxyl groups is 1. The molecule has 0 spiro atoms. The van der Waals surface area contributed by atoms with Crippen molar-refractivity contribution < 1.29 is 5.11 Å². The predicted molar refractivity (Wildman–Crippen MR) is 63.1 cm³/mol. The first-order valence-electron chi connectivity index (χ1n) is 4.98. The summed E-state index contributed by atoms with van der Waals surface area (Å²) < 4.78 is 1.21. The van der Waals surface area contributed by atoms with Crippen molar-refractivity contribution in [3.63, 3.8) is 0 Å². The van der Waals surface area contributed by atoms with Crippen LogP contribution < -0.4 is 5.32 Å². The molecule has 0 bridgehead atoms. The highest BCUT2D eigenvalue weighted by molar-refractivity contribution is 7.17. The van der Waals surface area contributed by atoms with Gasteiger partial charge in [0.25, 0.3) is 0 Å². The van der Waals surface area contributed by atoms with Gasteiger partial charge in [0.15, 0.2) is 0 Å². The Morgan fingerprint density at radius 1 is 1.60 bits per heavy atom. The lowest BCUT2D eigenvalue weighted by Gasteiger charge is -2.12. The molecule has 2 heterocycles. The third kappa shape index (κ3) is 2.34. The van der Waals surface area contributed by atoms with E-state index in [2.05, 4.69) is 23.3 Å². The van der Waals surface area contributed by atoms with Gasteiger partial charge in [0.05, 0.1) is 16.8 Å². The van der Waals surface area contributed by atoms with Gasteiger partial charge in [-0.1, -0.05) is 0 Å². The van der Waals surface area contributed by atoms with Gasteiger partial charge in [-0.15, -0.1) is 11.3 Å². The Balaban J connectivity index is 2.19. The molecule has 2 aromatic rings. The van der Waals surface area contributed by atoms with Crippen molar-refractivity contribution in [2.24, 2.45) is 0 Å². The molecule has 0 amide bonds. The van der Waals surface area contributed by atoms with Crippen LogP contribution in [-0.4, -0.2) is 23.2 Å². The molecule has 0 aliphatic rings. The normalized spacial score (nSPS) is 13.2. The van der Waals surface area contributed by atoms with Crippen LogP contribution >= 0.6 is 11.3 Å². The van der Waals surface area contributed by atoms with Gasteiger partial charge in [0.1, 0.15) is 0 Å². The number of hydrogen-bond donors (Lipinski definition) is 2. The van der Waals surface area contributed by atoms with Crippen LogP contribution in [0.3, 0.4) is 0 Å². The van der Waals surface area contributed by atoms with E-state index in [4.69, 9.17) is 5.11 Å². The summed E-state index contributed by atoms with van der Waals surface area (Å²) in [6, 6.07) is 4.41. The maximum atomic E-state index is 8.72. The molecule has 2 aromatic heterocycles. The van der Waals surface area contributed by atoms with Crippen LogP contribution in [0.15, 0.2) is 23.7 Å². The molecular weight excluding hydrogens is 208 g/mol. The predicted octanol–water partition coefficient (Wildman–Crippen LogP) is 1.94. The zero-order valence-corrected chi connectivity index (χ0v) is 9.42. The van der Waals surface area contributed by atoms with E-state index in [0.29, 0.717) is 6.54 Å². The molecule has 80 valence electrons. The standard InChI is InChI=1S/C11H14N2OS/c1-8(12-3-4-14)9-6-11-10(13-7-9)2-5-15-11/h2,5-8,12,14H,3-4H2,1H3. The molecule has 2 N–H and O–H groups in total. The first kappa shape index (κ1) is 10.5. The Kier molecular flexibility index (Phi) is 3.30. The van der Waals surface area contributed by atoms with Crippen molar-refractivity contribution in [3.05, 3.63) is 29.3 Å². The highest BCUT2D eigenvalue weighted by Crippen LogP contribution is 2.22. The first-order chi connectivity index (χ1) is 7.31. The van der Waals surface area contributed by atoms with E-state index in [9.17, 15) is 0 Å². The van der Waals surface area contributed by atoms with Gasteiger partial charge >= 0.3 is 0 Å². The zero-order valence-electron chi connectivity index (χ0n) is 8.60. The maximum absolute atomic E-state index is 8.72. The molecule has 3 nitrogen and oxygen atoms in total. The molecule has 0 fully saturated rings. The molecule has 0 saturated heterocycles. The molecule has 0 radical (unpaired) electrons. The second kappa shape index (κ2) is 4.70. The van der Waals surface area contributed by atoms with Crippen LogP contribution in [0.4, 0.5) is 0 Å². The summed E-state index contributed by atoms with van der Waals surface area (Å²) >= 11 is 1.70. The molecule has 0 aromatic carbocycles. The van der Waals surface area contributed by atoms with Gasteiger partial charge in [0.2, 0.25) is 0 Å². The number of pyridine rings is 1. The van der Waals surface area contributed by atoms with E-state index in [1.165, 1.54) is 10.3 Å². The topological polar surface area (TPSA) is 45.1 Å². The van der Waals surface area contributed by atoms with Crippen molar-refractivity contribution in [2.75, 3.05) is 13.2 Å². The molecule has 1 atom stereocenters. The third-order valence-corrected chi connectivity index (χ3v) is 3.24. The van der Waals surface area contributed by atoms with Crippen molar-refractivity contribution in [1.82, 2.24) is 10.3 Å². The summed E-state index contributed by atoms with van der Waals surface area (Å²) in [7, 11) is 0. The molecule has 0 saturated carbocycles. The van der Waals surface area contributed by atoms with E-state index in [-0.39, 0.29) is 12.6 Å². The number of nitrogens with zero attached hydrogens (tertiary/aromatic N) is 1. The average molecular weight is 222 g/mol. The fraction of sp³-hybridized carbons (Fsp3) is 0.364. The van der Waals surface area contributed by atoms with Gasteiger partial charge < -0.3 is 10.4 Å². The number of aliphatic hydroxyl groups excluding tert-OH is 1. The smallest absolute Gasteiger partial charge is 0.0809 e. The minimum absolute atomic E-state index is 0.166. The summed E-state index contributed by atoms with van der Waals surface area (Å²) in [5.74, 6) is 0. The minimum atomic E-state index is 0.166. The molecule has 1 unspecified atom stereocenters. The number of thiophene rings is 1. The zero-order chi connectivity index (χ0) is 10.7. The van der Waals surface area contributed by atoms with Crippen LogP contribution in [0.1, 0.15) is 18.5 Å². The average Bonchev–Trinajstić information content (AvgIpc) is 2.72. The SMILES string of the molecule is CC(NCCO)c1cnc2ccsc2c1. The summed E-state index contributed by atoms with van der Waals surface area (Å²) in [5.41, 5.74) is 2.22. The van der Waals surface area contributed by atoms with E-state index in [1.54, 1.807) is 11.3 Å². The summed E-state index contributed by atoms with van der Waals surface area (Å²) in [6.07, 6.45) is 1.89. The van der Waals surface area contributed by atoms with Gasteiger partial charge in [-0.25, -0.2) is 0 Å². The lowest BCUT2D eigenvalue weighted by atomic mass is 10.1. The van der Waals surface area contributed by atoms with Gasteiger partial charge in [-0.2, -0.15) is 0 Å². The second-order valence-corrected chi connectivity index (χ2v) is 4.42. The molecule has 0 aliphatic heterocycles. The van der Waals surface area contributed by atoms with Gasteiger partial charge in [0, 0.05) is 18.8 Å². The molecule has 4 heteroatoms. The lowest BCUT2D eigenvalue weighted by molar-refractivity contribution is 0.286. The summed E-state index contributed by atoms with van der Waals surface area (Å²) in [6.45, 7) is 2.86. The van der Waals surface area contributed by atoms with Crippen LogP contribution in [0, 0.1) is 0 Å². The number of aromatic nitrogens is 1. The van der Waals surface area contributed by atoms with Crippen molar-refractivity contribution in [2.45, 2.75) is 13.0 Å².